The first-order valence-electron chi connectivity index (χ1n) is 7.43. The van der Waals surface area contributed by atoms with E-state index in [4.69, 9.17) is 0 Å². The summed E-state index contributed by atoms with van der Waals surface area (Å²) < 4.78 is 36.7. The van der Waals surface area contributed by atoms with Gasteiger partial charge < -0.3 is 5.32 Å². The van der Waals surface area contributed by atoms with Gasteiger partial charge in [0.05, 0.1) is 10.8 Å². The molecule has 0 spiro atoms. The number of nitrogens with one attached hydrogen (secondary N) is 1. The second-order valence-electron chi connectivity index (χ2n) is 5.99. The van der Waals surface area contributed by atoms with Crippen molar-refractivity contribution < 1.29 is 12.8 Å². The molecule has 1 saturated carbocycles. The maximum atomic E-state index is 13.3. The highest BCUT2D eigenvalue weighted by Crippen LogP contribution is 2.26. The Kier molecular flexibility index (Phi) is 4.04. The summed E-state index contributed by atoms with van der Waals surface area (Å²) in [7, 11) is -3.00. The van der Waals surface area contributed by atoms with E-state index in [1.54, 1.807) is 6.07 Å². The van der Waals surface area contributed by atoms with E-state index in [2.05, 4.69) is 10.3 Å². The fourth-order valence-electron chi connectivity index (χ4n) is 3.04. The number of halogens is 1. The molecule has 118 valence electrons. The summed E-state index contributed by atoms with van der Waals surface area (Å²) >= 11 is 0. The molecule has 1 aliphatic rings. The number of hydrogen-bond acceptors (Lipinski definition) is 4. The molecule has 0 bridgehead atoms. The van der Waals surface area contributed by atoms with Crippen LogP contribution >= 0.6 is 0 Å². The predicted octanol–water partition coefficient (Wildman–Crippen LogP) is 3.14. The molecule has 0 saturated heterocycles. The minimum atomic E-state index is -3.00. The average molecular weight is 322 g/mol. The van der Waals surface area contributed by atoms with E-state index in [-0.39, 0.29) is 17.1 Å². The van der Waals surface area contributed by atoms with Crippen molar-refractivity contribution in [3.8, 4) is 0 Å². The molecule has 0 aliphatic heterocycles. The summed E-state index contributed by atoms with van der Waals surface area (Å²) in [6, 6.07) is 8.34. The minimum Gasteiger partial charge on any atom is -0.367 e. The molecule has 2 aromatic rings. The van der Waals surface area contributed by atoms with Crippen LogP contribution in [0.25, 0.3) is 10.9 Å². The van der Waals surface area contributed by atoms with Gasteiger partial charge in [0, 0.05) is 23.8 Å². The van der Waals surface area contributed by atoms with Crippen molar-refractivity contribution in [1.82, 2.24) is 4.98 Å². The second-order valence-corrected chi connectivity index (χ2v) is 8.32. The Labute approximate surface area is 129 Å². The van der Waals surface area contributed by atoms with Gasteiger partial charge in [-0.05, 0) is 43.5 Å². The fourth-order valence-corrected chi connectivity index (χ4v) is 4.22. The van der Waals surface area contributed by atoms with Crippen LogP contribution in [0.15, 0.2) is 30.3 Å². The Bertz CT molecular complexity index is 792. The van der Waals surface area contributed by atoms with Gasteiger partial charge in [-0.1, -0.05) is 6.42 Å². The van der Waals surface area contributed by atoms with Crippen LogP contribution in [0.3, 0.4) is 0 Å². The lowest BCUT2D eigenvalue weighted by Crippen LogP contribution is -2.34. The maximum absolute atomic E-state index is 13.3. The third-order valence-corrected chi connectivity index (χ3v) is 5.88. The molecule has 1 heterocycles. The Morgan fingerprint density at radius 2 is 2.00 bits per heavy atom. The van der Waals surface area contributed by atoms with Crippen molar-refractivity contribution in [2.24, 2.45) is 0 Å². The van der Waals surface area contributed by atoms with Crippen LogP contribution in [0.5, 0.6) is 0 Å². The van der Waals surface area contributed by atoms with E-state index in [9.17, 15) is 12.8 Å². The second kappa shape index (κ2) is 5.83. The molecule has 4 nitrogen and oxygen atoms in total. The average Bonchev–Trinajstić information content (AvgIpc) is 2.46. The number of anilines is 1. The molecule has 6 heteroatoms. The molecule has 1 fully saturated rings. The number of nitrogens with zero attached hydrogens (tertiary/aromatic N) is 1. The summed E-state index contributed by atoms with van der Waals surface area (Å²) in [5, 5.41) is 3.89. The molecule has 0 unspecified atom stereocenters. The van der Waals surface area contributed by atoms with Crippen molar-refractivity contribution in [3.63, 3.8) is 0 Å². The molecule has 1 aromatic carbocycles. The van der Waals surface area contributed by atoms with Crippen molar-refractivity contribution in [1.29, 1.82) is 0 Å². The van der Waals surface area contributed by atoms with Gasteiger partial charge in [0.15, 0.2) is 0 Å². The van der Waals surface area contributed by atoms with Crippen LogP contribution in [0.2, 0.25) is 0 Å². The highest BCUT2D eigenvalue weighted by molar-refractivity contribution is 7.91. The zero-order valence-electron chi connectivity index (χ0n) is 12.4. The van der Waals surface area contributed by atoms with Gasteiger partial charge in [0.1, 0.15) is 21.5 Å². The number of fused-ring (bicyclic) bond motifs is 1. The lowest BCUT2D eigenvalue weighted by Gasteiger charge is -2.29. The van der Waals surface area contributed by atoms with Crippen LogP contribution in [0.4, 0.5) is 10.2 Å². The third-order valence-electron chi connectivity index (χ3n) is 4.24. The summed E-state index contributed by atoms with van der Waals surface area (Å²) in [5.41, 5.74) is 0.598. The topological polar surface area (TPSA) is 59.1 Å². The van der Waals surface area contributed by atoms with Crippen molar-refractivity contribution >= 4 is 26.6 Å². The van der Waals surface area contributed by atoms with Gasteiger partial charge in [0.2, 0.25) is 0 Å². The third kappa shape index (κ3) is 3.38. The van der Waals surface area contributed by atoms with Gasteiger partial charge in [-0.15, -0.1) is 0 Å². The van der Waals surface area contributed by atoms with Crippen molar-refractivity contribution in [2.45, 2.75) is 37.0 Å². The van der Waals surface area contributed by atoms with Crippen LogP contribution in [0, 0.1) is 5.82 Å². The van der Waals surface area contributed by atoms with Gasteiger partial charge in [-0.2, -0.15) is 0 Å². The van der Waals surface area contributed by atoms with E-state index < -0.39 is 9.84 Å². The van der Waals surface area contributed by atoms with E-state index >= 15 is 0 Å². The molecule has 3 rings (SSSR count). The first kappa shape index (κ1) is 15.2. The molecule has 1 aromatic heterocycles. The molecule has 2 atom stereocenters. The highest BCUT2D eigenvalue weighted by atomic mass is 32.2. The zero-order chi connectivity index (χ0) is 15.7. The lowest BCUT2D eigenvalue weighted by molar-refractivity contribution is 0.452. The molecule has 0 amide bonds. The Morgan fingerprint density at radius 3 is 2.77 bits per heavy atom. The molecule has 1 N–H and O–H groups in total. The lowest BCUT2D eigenvalue weighted by atomic mass is 9.95. The molecule has 1 aliphatic carbocycles. The summed E-state index contributed by atoms with van der Waals surface area (Å²) in [6.07, 6.45) is 4.44. The molecular formula is C16H19FN2O2S. The Balaban J connectivity index is 1.78. The minimum absolute atomic E-state index is 0.0898. The van der Waals surface area contributed by atoms with E-state index in [0.29, 0.717) is 17.8 Å². The van der Waals surface area contributed by atoms with Gasteiger partial charge in [-0.3, -0.25) is 0 Å². The monoisotopic (exact) mass is 322 g/mol. The van der Waals surface area contributed by atoms with Gasteiger partial charge in [0.25, 0.3) is 0 Å². The Hall–Kier alpha value is -1.69. The summed E-state index contributed by atoms with van der Waals surface area (Å²) in [4.78, 5) is 4.42. The number of sulfone groups is 1. The Morgan fingerprint density at radius 1 is 1.23 bits per heavy atom. The number of aromatic nitrogens is 1. The van der Waals surface area contributed by atoms with E-state index in [1.807, 2.05) is 12.1 Å². The maximum Gasteiger partial charge on any atom is 0.150 e. The van der Waals surface area contributed by atoms with Gasteiger partial charge in [-0.25, -0.2) is 17.8 Å². The largest absolute Gasteiger partial charge is 0.367 e. The number of rotatable bonds is 3. The molecule has 0 radical (unpaired) electrons. The quantitative estimate of drug-likeness (QED) is 0.943. The van der Waals surface area contributed by atoms with Crippen LogP contribution in [-0.4, -0.2) is 30.9 Å². The van der Waals surface area contributed by atoms with Crippen molar-refractivity contribution in [2.75, 3.05) is 11.6 Å². The van der Waals surface area contributed by atoms with Gasteiger partial charge >= 0.3 is 0 Å². The zero-order valence-corrected chi connectivity index (χ0v) is 13.2. The number of pyridine rings is 1. The molecule has 22 heavy (non-hydrogen) atoms. The summed E-state index contributed by atoms with van der Waals surface area (Å²) in [5.74, 6) is 0.351. The first-order valence-corrected chi connectivity index (χ1v) is 9.39. The SMILES string of the molecule is CS(=O)(=O)[C@@H]1CCC[C@@H](Nc2ccc3ccc(F)cc3n2)C1. The normalized spacial score (nSPS) is 22.6. The van der Waals surface area contributed by atoms with E-state index in [1.165, 1.54) is 18.4 Å². The van der Waals surface area contributed by atoms with E-state index in [0.717, 1.165) is 24.6 Å². The first-order chi connectivity index (χ1) is 10.4. The highest BCUT2D eigenvalue weighted by Gasteiger charge is 2.28. The van der Waals surface area contributed by atoms with Crippen molar-refractivity contribution in [3.05, 3.63) is 36.1 Å². The fraction of sp³-hybridized carbons (Fsp3) is 0.438. The predicted molar refractivity (Wildman–Crippen MR) is 86.2 cm³/mol. The summed E-state index contributed by atoms with van der Waals surface area (Å²) in [6.45, 7) is 0. The smallest absolute Gasteiger partial charge is 0.150 e. The molecular weight excluding hydrogens is 303 g/mol. The number of benzene rings is 1. The standard InChI is InChI=1S/C16H19FN2O2S/c1-22(20,21)14-4-2-3-13(10-14)18-16-8-6-11-5-7-12(17)9-15(11)19-16/h5-9,13-14H,2-4,10H2,1H3,(H,18,19)/t13-,14-/m1/s1. The van der Waals surface area contributed by atoms with Crippen LogP contribution < -0.4 is 5.32 Å². The van der Waals surface area contributed by atoms with Crippen LogP contribution in [0.1, 0.15) is 25.7 Å². The van der Waals surface area contributed by atoms with Crippen LogP contribution in [-0.2, 0) is 9.84 Å². The number of hydrogen-bond donors (Lipinski definition) is 1.